The van der Waals surface area contributed by atoms with E-state index >= 15 is 0 Å². The molecule has 36 heavy (non-hydrogen) atoms. The van der Waals surface area contributed by atoms with Crippen LogP contribution in [0, 0.1) is 0 Å². The summed E-state index contributed by atoms with van der Waals surface area (Å²) in [5.41, 5.74) is -0.490. The molecule has 3 heterocycles. The van der Waals surface area contributed by atoms with E-state index in [0.717, 1.165) is 4.57 Å². The smallest absolute Gasteiger partial charge is 0.394 e. The van der Waals surface area contributed by atoms with Gasteiger partial charge in [-0.3, -0.25) is 23.5 Å². The van der Waals surface area contributed by atoms with Gasteiger partial charge in [-0.2, -0.15) is 13.8 Å². The molecule has 0 aliphatic heterocycles. The van der Waals surface area contributed by atoms with E-state index in [-0.39, 0.29) is 54.8 Å². The molecule has 0 aliphatic carbocycles. The molecule has 190 valence electrons. The standard InChI is InChI=1S/C23H22ClF2N5O5/c1-23(25,26)36-17-8-6-16(7-9-17)35-21-28-19-18(31(21)13-15-5-4-14(24)12-27-15)20(33)30(10-3-11-32)22(34)29(19)2/h4-9,12,32H,3,10-11,13H2,1-2H3. The van der Waals surface area contributed by atoms with E-state index in [4.69, 9.17) is 16.3 Å². The molecule has 4 rings (SSSR count). The van der Waals surface area contributed by atoms with E-state index in [9.17, 15) is 23.5 Å². The third-order valence-electron chi connectivity index (χ3n) is 5.18. The summed E-state index contributed by atoms with van der Waals surface area (Å²) in [4.78, 5) is 34.8. The maximum absolute atomic E-state index is 13.3. The van der Waals surface area contributed by atoms with E-state index < -0.39 is 17.4 Å². The first-order valence-corrected chi connectivity index (χ1v) is 11.2. The van der Waals surface area contributed by atoms with Gasteiger partial charge in [-0.05, 0) is 42.8 Å². The first-order chi connectivity index (χ1) is 17.1. The lowest BCUT2D eigenvalue weighted by Gasteiger charge is -2.13. The number of aliphatic hydroxyl groups is 1. The molecule has 0 aliphatic rings. The lowest BCUT2D eigenvalue weighted by atomic mass is 10.3. The van der Waals surface area contributed by atoms with Crippen molar-refractivity contribution in [3.63, 3.8) is 0 Å². The zero-order valence-corrected chi connectivity index (χ0v) is 20.1. The molecule has 0 fully saturated rings. The maximum Gasteiger partial charge on any atom is 0.394 e. The molecule has 1 N–H and O–H groups in total. The van der Waals surface area contributed by atoms with Crippen molar-refractivity contribution in [3.8, 4) is 17.5 Å². The highest BCUT2D eigenvalue weighted by Crippen LogP contribution is 2.28. The van der Waals surface area contributed by atoms with E-state index in [0.29, 0.717) is 17.6 Å². The first-order valence-electron chi connectivity index (χ1n) is 10.8. The van der Waals surface area contributed by atoms with Crippen LogP contribution < -0.4 is 20.7 Å². The number of pyridine rings is 1. The molecule has 0 amide bonds. The van der Waals surface area contributed by atoms with Gasteiger partial charge < -0.3 is 14.6 Å². The zero-order chi connectivity index (χ0) is 26.0. The highest BCUT2D eigenvalue weighted by Gasteiger charge is 2.24. The number of aliphatic hydroxyl groups excluding tert-OH is 1. The SMILES string of the molecule is Cn1c(=O)n(CCCO)c(=O)c2c1nc(Oc1ccc(OC(C)(F)F)cc1)n2Cc1ccc(Cl)cn1. The van der Waals surface area contributed by atoms with Crippen LogP contribution in [-0.4, -0.2) is 41.5 Å². The van der Waals surface area contributed by atoms with E-state index in [2.05, 4.69) is 14.7 Å². The number of aryl methyl sites for hydroxylation is 1. The number of ether oxygens (including phenoxy) is 2. The van der Waals surface area contributed by atoms with Crippen LogP contribution in [-0.2, 0) is 20.1 Å². The van der Waals surface area contributed by atoms with Crippen molar-refractivity contribution in [2.75, 3.05) is 6.61 Å². The van der Waals surface area contributed by atoms with Crippen molar-refractivity contribution in [2.24, 2.45) is 7.05 Å². The molecule has 0 radical (unpaired) electrons. The summed E-state index contributed by atoms with van der Waals surface area (Å²) in [6.07, 6.45) is -1.68. The Morgan fingerprint density at radius 1 is 1.08 bits per heavy atom. The Bertz CT molecular complexity index is 1490. The number of fused-ring (bicyclic) bond motifs is 1. The van der Waals surface area contributed by atoms with Crippen LogP contribution in [0.25, 0.3) is 11.2 Å². The molecule has 10 nitrogen and oxygen atoms in total. The second-order valence-corrected chi connectivity index (χ2v) is 8.42. The minimum atomic E-state index is -3.34. The Morgan fingerprint density at radius 3 is 2.39 bits per heavy atom. The fourth-order valence-electron chi connectivity index (χ4n) is 3.55. The highest BCUT2D eigenvalue weighted by molar-refractivity contribution is 6.30. The Kier molecular flexibility index (Phi) is 7.09. The summed E-state index contributed by atoms with van der Waals surface area (Å²) in [6.45, 7) is 0.504. The Morgan fingerprint density at radius 2 is 1.78 bits per heavy atom. The zero-order valence-electron chi connectivity index (χ0n) is 19.3. The summed E-state index contributed by atoms with van der Waals surface area (Å²) in [5.74, 6) is 0.163. The van der Waals surface area contributed by atoms with Crippen LogP contribution in [0.5, 0.6) is 17.5 Å². The molecular formula is C23H22ClF2N5O5. The molecule has 0 atom stereocenters. The third kappa shape index (κ3) is 5.39. The number of alkyl halides is 2. The minimum Gasteiger partial charge on any atom is -0.433 e. The van der Waals surface area contributed by atoms with Crippen molar-refractivity contribution < 1.29 is 23.4 Å². The van der Waals surface area contributed by atoms with Gasteiger partial charge in [-0.15, -0.1) is 0 Å². The number of imidazole rings is 1. The number of hydrogen-bond donors (Lipinski definition) is 1. The fraction of sp³-hybridized carbons (Fsp3) is 0.304. The van der Waals surface area contributed by atoms with Crippen LogP contribution in [0.4, 0.5) is 8.78 Å². The van der Waals surface area contributed by atoms with Gasteiger partial charge in [-0.25, -0.2) is 4.79 Å². The molecule has 3 aromatic heterocycles. The molecule has 4 aromatic rings. The summed E-state index contributed by atoms with van der Waals surface area (Å²) < 4.78 is 40.4. The van der Waals surface area contributed by atoms with Gasteiger partial charge in [0.15, 0.2) is 11.2 Å². The summed E-state index contributed by atoms with van der Waals surface area (Å²) >= 11 is 5.94. The van der Waals surface area contributed by atoms with Gasteiger partial charge in [0.2, 0.25) is 0 Å². The molecule has 0 spiro atoms. The van der Waals surface area contributed by atoms with Gasteiger partial charge in [-0.1, -0.05) is 11.6 Å². The monoisotopic (exact) mass is 521 g/mol. The quantitative estimate of drug-likeness (QED) is 0.360. The number of halogens is 3. The number of hydrogen-bond acceptors (Lipinski definition) is 7. The van der Waals surface area contributed by atoms with E-state index in [1.807, 2.05) is 0 Å². The maximum atomic E-state index is 13.3. The highest BCUT2D eigenvalue weighted by atomic mass is 35.5. The molecule has 13 heteroatoms. The van der Waals surface area contributed by atoms with Gasteiger partial charge >= 0.3 is 17.8 Å². The predicted molar refractivity (Wildman–Crippen MR) is 127 cm³/mol. The molecular weight excluding hydrogens is 500 g/mol. The van der Waals surface area contributed by atoms with Crippen molar-refractivity contribution in [1.29, 1.82) is 0 Å². The van der Waals surface area contributed by atoms with Gasteiger partial charge in [0.25, 0.3) is 5.56 Å². The number of benzene rings is 1. The van der Waals surface area contributed by atoms with Crippen LogP contribution in [0.3, 0.4) is 0 Å². The average molecular weight is 522 g/mol. The number of rotatable bonds is 9. The Labute approximate surface area is 207 Å². The lowest BCUT2D eigenvalue weighted by molar-refractivity contribution is -0.158. The van der Waals surface area contributed by atoms with Crippen molar-refractivity contribution in [3.05, 3.63) is 74.1 Å². The predicted octanol–water partition coefficient (Wildman–Crippen LogP) is 3.16. The Balaban J connectivity index is 1.82. The van der Waals surface area contributed by atoms with Crippen LogP contribution >= 0.6 is 11.6 Å². The van der Waals surface area contributed by atoms with Gasteiger partial charge in [0, 0.05) is 33.3 Å². The van der Waals surface area contributed by atoms with Crippen LogP contribution in [0.15, 0.2) is 52.2 Å². The minimum absolute atomic E-state index is 0.0159. The third-order valence-corrected chi connectivity index (χ3v) is 5.40. The molecule has 0 saturated heterocycles. The second-order valence-electron chi connectivity index (χ2n) is 7.98. The number of aromatic nitrogens is 5. The van der Waals surface area contributed by atoms with Crippen molar-refractivity contribution >= 4 is 22.8 Å². The van der Waals surface area contributed by atoms with Crippen LogP contribution in [0.1, 0.15) is 19.0 Å². The molecule has 1 aromatic carbocycles. The van der Waals surface area contributed by atoms with E-state index in [1.54, 1.807) is 12.1 Å². The van der Waals surface area contributed by atoms with Crippen molar-refractivity contribution in [2.45, 2.75) is 32.5 Å². The lowest BCUT2D eigenvalue weighted by Crippen LogP contribution is -2.39. The first kappa shape index (κ1) is 25.3. The normalized spacial score (nSPS) is 11.7. The fourth-order valence-corrected chi connectivity index (χ4v) is 3.66. The summed E-state index contributed by atoms with van der Waals surface area (Å²) in [5, 5.41) is 9.61. The number of nitrogens with zero attached hydrogens (tertiary/aromatic N) is 5. The molecule has 0 bridgehead atoms. The van der Waals surface area contributed by atoms with E-state index in [1.165, 1.54) is 46.6 Å². The summed E-state index contributed by atoms with van der Waals surface area (Å²) in [7, 11) is 1.47. The Hall–Kier alpha value is -3.77. The molecule has 0 unspecified atom stereocenters. The largest absolute Gasteiger partial charge is 0.433 e. The van der Waals surface area contributed by atoms with Crippen LogP contribution in [0.2, 0.25) is 5.02 Å². The second kappa shape index (κ2) is 10.1. The topological polar surface area (TPSA) is 113 Å². The van der Waals surface area contributed by atoms with Gasteiger partial charge in [0.05, 0.1) is 17.3 Å². The average Bonchev–Trinajstić information content (AvgIpc) is 3.17. The molecule has 0 saturated carbocycles. The summed E-state index contributed by atoms with van der Waals surface area (Å²) in [6, 6.07) is 8.70. The van der Waals surface area contributed by atoms with Gasteiger partial charge in [0.1, 0.15) is 11.5 Å². The van der Waals surface area contributed by atoms with Crippen molar-refractivity contribution in [1.82, 2.24) is 23.7 Å².